The largest absolute Gasteiger partial charge is 0.402 e. The van der Waals surface area contributed by atoms with Crippen LogP contribution in [0.3, 0.4) is 0 Å². The molecule has 7 nitrogen and oxygen atoms in total. The van der Waals surface area contributed by atoms with Crippen LogP contribution in [0.25, 0.3) is 16.7 Å². The molecule has 0 spiro atoms. The van der Waals surface area contributed by atoms with Gasteiger partial charge in [-0.2, -0.15) is 13.2 Å². The molecule has 0 aliphatic heterocycles. The highest BCUT2D eigenvalue weighted by Gasteiger charge is 2.30. The molecule has 4 aromatic rings. The first kappa shape index (κ1) is 22.5. The molecular formula is C22H17F3N4O3S. The number of nitrogens with zero attached hydrogens (tertiary/aromatic N) is 2. The fourth-order valence-electron chi connectivity index (χ4n) is 3.14. The summed E-state index contributed by atoms with van der Waals surface area (Å²) in [5, 5.41) is 2.64. The van der Waals surface area contributed by atoms with Gasteiger partial charge in [-0.15, -0.1) is 0 Å². The summed E-state index contributed by atoms with van der Waals surface area (Å²) < 4.78 is 64.6. The number of amides is 1. The van der Waals surface area contributed by atoms with Gasteiger partial charge >= 0.3 is 6.18 Å². The number of carbonyl (C=O) groups excluding carboxylic acids is 1. The predicted molar refractivity (Wildman–Crippen MR) is 117 cm³/mol. The molecule has 0 unspecified atom stereocenters. The molecule has 0 bridgehead atoms. The lowest BCUT2D eigenvalue weighted by molar-refractivity contribution is -0.121. The molecule has 0 aliphatic rings. The van der Waals surface area contributed by atoms with Crippen molar-refractivity contribution < 1.29 is 26.4 Å². The highest BCUT2D eigenvalue weighted by Crippen LogP contribution is 2.21. The predicted octanol–water partition coefficient (Wildman–Crippen LogP) is 4.12. The van der Waals surface area contributed by atoms with E-state index in [2.05, 4.69) is 10.3 Å². The Morgan fingerprint density at radius 3 is 2.42 bits per heavy atom. The Balaban J connectivity index is 1.49. The number of carbonyl (C=O) groups is 1. The zero-order chi connectivity index (χ0) is 23.6. The number of anilines is 1. The molecule has 33 heavy (non-hydrogen) atoms. The van der Waals surface area contributed by atoms with Crippen LogP contribution in [0.1, 0.15) is 10.4 Å². The number of imidazole rings is 1. The van der Waals surface area contributed by atoms with E-state index >= 15 is 0 Å². The number of hydrogen-bond donors (Lipinski definition) is 2. The van der Waals surface area contributed by atoms with E-state index in [1.165, 1.54) is 16.9 Å². The van der Waals surface area contributed by atoms with Crippen LogP contribution in [0.4, 0.5) is 18.9 Å². The van der Waals surface area contributed by atoms with Crippen molar-refractivity contribution in [1.29, 1.82) is 0 Å². The maximum Gasteiger partial charge on any atom is 0.402 e. The lowest BCUT2D eigenvalue weighted by Crippen LogP contribution is -2.33. The van der Waals surface area contributed by atoms with Gasteiger partial charge in [-0.1, -0.05) is 18.2 Å². The van der Waals surface area contributed by atoms with E-state index in [-0.39, 0.29) is 5.56 Å². The Labute approximate surface area is 186 Å². The zero-order valence-corrected chi connectivity index (χ0v) is 17.7. The monoisotopic (exact) mass is 474 g/mol. The lowest BCUT2D eigenvalue weighted by atomic mass is 10.2. The van der Waals surface area contributed by atoms with E-state index in [1.807, 2.05) is 28.8 Å². The molecule has 1 amide bonds. The number of aromatic nitrogens is 2. The molecule has 170 valence electrons. The topological polar surface area (TPSA) is 93.1 Å². The standard InChI is InChI=1S/C22H17F3N4O3S/c23-22(24,25)13-27-33(31,32)18-5-3-4-15(12-18)21(30)28-16-8-10-17(11-9-16)29-14-26-19-6-1-2-7-20(19)29/h1-12,14,27H,13H2,(H,28,30). The number of benzene rings is 3. The average molecular weight is 474 g/mol. The van der Waals surface area contributed by atoms with Gasteiger partial charge in [0.1, 0.15) is 12.9 Å². The van der Waals surface area contributed by atoms with Crippen molar-refractivity contribution in [1.82, 2.24) is 14.3 Å². The Bertz CT molecular complexity index is 1410. The van der Waals surface area contributed by atoms with Crippen molar-refractivity contribution in [3.63, 3.8) is 0 Å². The molecule has 1 heterocycles. The third kappa shape index (κ3) is 5.21. The number of rotatable bonds is 6. The van der Waals surface area contributed by atoms with Crippen LogP contribution in [0, 0.1) is 0 Å². The second kappa shape index (κ2) is 8.68. The third-order valence-corrected chi connectivity index (χ3v) is 6.12. The first-order chi connectivity index (χ1) is 15.6. The number of nitrogens with one attached hydrogen (secondary N) is 2. The molecule has 0 aliphatic carbocycles. The van der Waals surface area contributed by atoms with Crippen LogP contribution >= 0.6 is 0 Å². The molecule has 0 saturated heterocycles. The van der Waals surface area contributed by atoms with Gasteiger partial charge in [0.2, 0.25) is 10.0 Å². The van der Waals surface area contributed by atoms with Crippen LogP contribution in [0.2, 0.25) is 0 Å². The van der Waals surface area contributed by atoms with E-state index in [0.29, 0.717) is 5.69 Å². The number of hydrogen-bond acceptors (Lipinski definition) is 4. The Morgan fingerprint density at radius 1 is 0.970 bits per heavy atom. The fourth-order valence-corrected chi connectivity index (χ4v) is 4.20. The molecule has 0 fully saturated rings. The van der Waals surface area contributed by atoms with Crippen molar-refractivity contribution in [3.05, 3.63) is 84.7 Å². The molecule has 0 radical (unpaired) electrons. The first-order valence-electron chi connectivity index (χ1n) is 9.63. The summed E-state index contributed by atoms with van der Waals surface area (Å²) in [7, 11) is -4.43. The summed E-state index contributed by atoms with van der Waals surface area (Å²) in [5.74, 6) is -0.608. The maximum atomic E-state index is 12.6. The zero-order valence-electron chi connectivity index (χ0n) is 16.9. The minimum absolute atomic E-state index is 0.0189. The minimum atomic E-state index is -4.70. The molecular weight excluding hydrogens is 457 g/mol. The van der Waals surface area contributed by atoms with E-state index in [1.54, 1.807) is 30.6 Å². The van der Waals surface area contributed by atoms with E-state index in [4.69, 9.17) is 0 Å². The SMILES string of the molecule is O=C(Nc1ccc(-n2cnc3ccccc32)cc1)c1cccc(S(=O)(=O)NCC(F)(F)F)c1. The highest BCUT2D eigenvalue weighted by molar-refractivity contribution is 7.89. The smallest absolute Gasteiger partial charge is 0.322 e. The Morgan fingerprint density at radius 2 is 1.70 bits per heavy atom. The number of sulfonamides is 1. The van der Waals surface area contributed by atoms with Crippen LogP contribution < -0.4 is 10.0 Å². The van der Waals surface area contributed by atoms with E-state index in [0.717, 1.165) is 28.9 Å². The Kier molecular flexibility index (Phi) is 5.91. The van der Waals surface area contributed by atoms with Gasteiger partial charge in [-0.05, 0) is 54.6 Å². The van der Waals surface area contributed by atoms with Crippen LogP contribution in [-0.4, -0.2) is 36.6 Å². The van der Waals surface area contributed by atoms with E-state index in [9.17, 15) is 26.4 Å². The van der Waals surface area contributed by atoms with Crippen molar-refractivity contribution in [2.75, 3.05) is 11.9 Å². The summed E-state index contributed by atoms with van der Waals surface area (Å²) in [6, 6.07) is 19.3. The van der Waals surface area contributed by atoms with Gasteiger partial charge in [0, 0.05) is 16.9 Å². The second-order valence-electron chi connectivity index (χ2n) is 7.07. The molecule has 0 atom stereocenters. The lowest BCUT2D eigenvalue weighted by Gasteiger charge is -2.11. The summed E-state index contributed by atoms with van der Waals surface area (Å²) in [6.45, 7) is -1.70. The molecule has 2 N–H and O–H groups in total. The van der Waals surface area contributed by atoms with Crippen LogP contribution in [-0.2, 0) is 10.0 Å². The number of fused-ring (bicyclic) bond motifs is 1. The first-order valence-corrected chi connectivity index (χ1v) is 11.1. The maximum absolute atomic E-state index is 12.6. The van der Waals surface area contributed by atoms with Crippen molar-refractivity contribution in [2.45, 2.75) is 11.1 Å². The Hall–Kier alpha value is -3.70. The van der Waals surface area contributed by atoms with Gasteiger partial charge in [-0.25, -0.2) is 18.1 Å². The summed E-state index contributed by atoms with van der Waals surface area (Å²) in [5.41, 5.74) is 3.03. The fraction of sp³-hybridized carbons (Fsp3) is 0.0909. The summed E-state index contributed by atoms with van der Waals surface area (Å²) in [6.07, 6.45) is -3.01. The summed E-state index contributed by atoms with van der Waals surface area (Å²) >= 11 is 0. The van der Waals surface area contributed by atoms with Gasteiger partial charge in [0.15, 0.2) is 0 Å². The molecule has 3 aromatic carbocycles. The number of para-hydroxylation sites is 2. The molecule has 4 rings (SSSR count). The molecule has 0 saturated carbocycles. The van der Waals surface area contributed by atoms with E-state index < -0.39 is 33.5 Å². The highest BCUT2D eigenvalue weighted by atomic mass is 32.2. The van der Waals surface area contributed by atoms with Gasteiger partial charge in [-0.3, -0.25) is 9.36 Å². The van der Waals surface area contributed by atoms with Gasteiger partial charge in [0.25, 0.3) is 5.91 Å². The minimum Gasteiger partial charge on any atom is -0.322 e. The summed E-state index contributed by atoms with van der Waals surface area (Å²) in [4.78, 5) is 16.5. The van der Waals surface area contributed by atoms with Crippen LogP contribution in [0.5, 0.6) is 0 Å². The van der Waals surface area contributed by atoms with Gasteiger partial charge < -0.3 is 5.32 Å². The molecule has 1 aromatic heterocycles. The quantitative estimate of drug-likeness (QED) is 0.440. The number of halogens is 3. The number of alkyl halides is 3. The van der Waals surface area contributed by atoms with Crippen molar-refractivity contribution >= 4 is 32.7 Å². The van der Waals surface area contributed by atoms with Gasteiger partial charge in [0.05, 0.1) is 15.9 Å². The van der Waals surface area contributed by atoms with Crippen molar-refractivity contribution in [2.24, 2.45) is 0 Å². The molecule has 11 heteroatoms. The average Bonchev–Trinajstić information content (AvgIpc) is 3.22. The normalized spacial score (nSPS) is 12.1. The van der Waals surface area contributed by atoms with Crippen molar-refractivity contribution in [3.8, 4) is 5.69 Å². The van der Waals surface area contributed by atoms with Crippen LogP contribution in [0.15, 0.2) is 84.0 Å². The third-order valence-electron chi connectivity index (χ3n) is 4.73. The second-order valence-corrected chi connectivity index (χ2v) is 8.84.